The number of nitrogens with two attached hydrogens (primary N) is 1. The summed E-state index contributed by atoms with van der Waals surface area (Å²) in [5.41, 5.74) is 10.1. The fourth-order valence-electron chi connectivity index (χ4n) is 2.92. The lowest BCUT2D eigenvalue weighted by atomic mass is 9.94. The van der Waals surface area contributed by atoms with E-state index >= 15 is 0 Å². The van der Waals surface area contributed by atoms with Crippen molar-refractivity contribution in [3.63, 3.8) is 0 Å². The molecule has 0 spiro atoms. The van der Waals surface area contributed by atoms with E-state index in [9.17, 15) is 4.79 Å². The third kappa shape index (κ3) is 2.92. The van der Waals surface area contributed by atoms with Crippen molar-refractivity contribution in [2.45, 2.75) is 32.4 Å². The lowest BCUT2D eigenvalue weighted by Crippen LogP contribution is -2.43. The number of rotatable bonds is 2. The van der Waals surface area contributed by atoms with E-state index in [1.165, 1.54) is 11.1 Å². The minimum Gasteiger partial charge on any atom is -0.399 e. The Hall–Kier alpha value is -2.29. The molecule has 0 bridgehead atoms. The summed E-state index contributed by atoms with van der Waals surface area (Å²) in [6.45, 7) is 2.84. The van der Waals surface area contributed by atoms with Gasteiger partial charge in [0, 0.05) is 18.3 Å². The molecule has 0 saturated carbocycles. The SMILES string of the molecule is CC1Cc2ccccc2CN1C(=O)Cc1ccc(N)cc1. The second-order valence-corrected chi connectivity index (χ2v) is 5.76. The second-order valence-electron chi connectivity index (χ2n) is 5.76. The van der Waals surface area contributed by atoms with Crippen LogP contribution in [-0.4, -0.2) is 16.8 Å². The Bertz CT molecular complexity index is 649. The first kappa shape index (κ1) is 13.7. The average Bonchev–Trinajstić information content (AvgIpc) is 2.49. The number of hydrogen-bond donors (Lipinski definition) is 1. The van der Waals surface area contributed by atoms with E-state index in [1.54, 1.807) is 0 Å². The van der Waals surface area contributed by atoms with Gasteiger partial charge >= 0.3 is 0 Å². The minimum absolute atomic E-state index is 0.182. The molecule has 1 atom stereocenters. The van der Waals surface area contributed by atoms with Gasteiger partial charge in [0.05, 0.1) is 6.42 Å². The first-order valence-corrected chi connectivity index (χ1v) is 7.34. The molecule has 3 rings (SSSR count). The summed E-state index contributed by atoms with van der Waals surface area (Å²) in [5, 5.41) is 0. The number of hydrogen-bond acceptors (Lipinski definition) is 2. The zero-order valence-electron chi connectivity index (χ0n) is 12.3. The first-order chi connectivity index (χ1) is 10.1. The summed E-state index contributed by atoms with van der Waals surface area (Å²) < 4.78 is 0. The predicted molar refractivity (Wildman–Crippen MR) is 84.7 cm³/mol. The highest BCUT2D eigenvalue weighted by Gasteiger charge is 2.26. The Morgan fingerprint density at radius 1 is 1.14 bits per heavy atom. The van der Waals surface area contributed by atoms with Crippen LogP contribution in [0.25, 0.3) is 0 Å². The third-order valence-corrected chi connectivity index (χ3v) is 4.16. The van der Waals surface area contributed by atoms with Crippen molar-refractivity contribution in [1.29, 1.82) is 0 Å². The van der Waals surface area contributed by atoms with Crippen LogP contribution in [0, 0.1) is 0 Å². The maximum atomic E-state index is 12.6. The number of benzene rings is 2. The van der Waals surface area contributed by atoms with Gasteiger partial charge in [0.1, 0.15) is 0 Å². The van der Waals surface area contributed by atoms with E-state index in [2.05, 4.69) is 25.1 Å². The molecular weight excluding hydrogens is 260 g/mol. The lowest BCUT2D eigenvalue weighted by Gasteiger charge is -2.35. The Labute approximate surface area is 125 Å². The first-order valence-electron chi connectivity index (χ1n) is 7.34. The van der Waals surface area contributed by atoms with E-state index in [1.807, 2.05) is 35.2 Å². The number of nitrogens with zero attached hydrogens (tertiary/aromatic N) is 1. The maximum Gasteiger partial charge on any atom is 0.227 e. The zero-order valence-corrected chi connectivity index (χ0v) is 12.3. The second kappa shape index (κ2) is 5.60. The Balaban J connectivity index is 1.74. The minimum atomic E-state index is 0.182. The van der Waals surface area contributed by atoms with Gasteiger partial charge < -0.3 is 10.6 Å². The van der Waals surface area contributed by atoms with Crippen molar-refractivity contribution >= 4 is 11.6 Å². The molecule has 21 heavy (non-hydrogen) atoms. The fraction of sp³-hybridized carbons (Fsp3) is 0.278. The van der Waals surface area contributed by atoms with E-state index in [4.69, 9.17) is 5.73 Å². The van der Waals surface area contributed by atoms with Crippen LogP contribution >= 0.6 is 0 Å². The number of carbonyl (C=O) groups excluding carboxylic acids is 1. The number of fused-ring (bicyclic) bond motifs is 1. The van der Waals surface area contributed by atoms with Gasteiger partial charge in [-0.1, -0.05) is 36.4 Å². The lowest BCUT2D eigenvalue weighted by molar-refractivity contribution is -0.133. The molecule has 1 aliphatic heterocycles. The van der Waals surface area contributed by atoms with Crippen molar-refractivity contribution in [3.05, 3.63) is 65.2 Å². The summed E-state index contributed by atoms with van der Waals surface area (Å²) in [6.07, 6.45) is 1.37. The maximum absolute atomic E-state index is 12.6. The van der Waals surface area contributed by atoms with Crippen molar-refractivity contribution in [2.75, 3.05) is 5.73 Å². The van der Waals surface area contributed by atoms with Crippen LogP contribution in [0.3, 0.4) is 0 Å². The molecule has 3 nitrogen and oxygen atoms in total. The van der Waals surface area contributed by atoms with Crippen LogP contribution in [0.2, 0.25) is 0 Å². The van der Waals surface area contributed by atoms with Gasteiger partial charge in [-0.25, -0.2) is 0 Å². The Kier molecular flexibility index (Phi) is 3.65. The summed E-state index contributed by atoms with van der Waals surface area (Å²) in [6, 6.07) is 16.2. The summed E-state index contributed by atoms with van der Waals surface area (Å²) in [5.74, 6) is 0.182. The molecule has 3 heteroatoms. The largest absolute Gasteiger partial charge is 0.399 e. The highest BCUT2D eigenvalue weighted by atomic mass is 16.2. The molecule has 0 aliphatic carbocycles. The summed E-state index contributed by atoms with van der Waals surface area (Å²) in [7, 11) is 0. The zero-order chi connectivity index (χ0) is 14.8. The van der Waals surface area contributed by atoms with Gasteiger partial charge in [0.2, 0.25) is 5.91 Å². The van der Waals surface area contributed by atoms with E-state index in [-0.39, 0.29) is 11.9 Å². The average molecular weight is 280 g/mol. The van der Waals surface area contributed by atoms with Crippen LogP contribution in [0.4, 0.5) is 5.69 Å². The molecular formula is C18H20N2O. The van der Waals surface area contributed by atoms with Crippen molar-refractivity contribution in [1.82, 2.24) is 4.90 Å². The molecule has 1 amide bonds. The van der Waals surface area contributed by atoms with E-state index in [0.717, 1.165) is 17.7 Å². The smallest absolute Gasteiger partial charge is 0.227 e. The van der Waals surface area contributed by atoms with Gasteiger partial charge in [-0.05, 0) is 42.2 Å². The highest BCUT2D eigenvalue weighted by molar-refractivity contribution is 5.79. The van der Waals surface area contributed by atoms with Crippen LogP contribution in [0.15, 0.2) is 48.5 Å². The molecule has 1 heterocycles. The van der Waals surface area contributed by atoms with Crippen LogP contribution in [0.5, 0.6) is 0 Å². The summed E-state index contributed by atoms with van der Waals surface area (Å²) >= 11 is 0. The number of amides is 1. The van der Waals surface area contributed by atoms with Gasteiger partial charge in [-0.3, -0.25) is 4.79 Å². The van der Waals surface area contributed by atoms with Crippen LogP contribution in [0.1, 0.15) is 23.6 Å². The Morgan fingerprint density at radius 2 is 1.81 bits per heavy atom. The molecule has 2 aromatic carbocycles. The summed E-state index contributed by atoms with van der Waals surface area (Å²) in [4.78, 5) is 14.6. The molecule has 2 aromatic rings. The Morgan fingerprint density at radius 3 is 2.52 bits per heavy atom. The van der Waals surface area contributed by atoms with Gasteiger partial charge in [-0.15, -0.1) is 0 Å². The molecule has 1 aliphatic rings. The molecule has 1 unspecified atom stereocenters. The van der Waals surface area contributed by atoms with Gasteiger partial charge in [0.25, 0.3) is 0 Å². The molecule has 0 fully saturated rings. The number of carbonyl (C=O) groups is 1. The number of nitrogen functional groups attached to an aromatic ring is 1. The monoisotopic (exact) mass is 280 g/mol. The molecule has 108 valence electrons. The molecule has 0 saturated heterocycles. The van der Waals surface area contributed by atoms with Crippen molar-refractivity contribution in [3.8, 4) is 0 Å². The molecule has 0 aromatic heterocycles. The fourth-order valence-corrected chi connectivity index (χ4v) is 2.92. The third-order valence-electron chi connectivity index (χ3n) is 4.16. The van der Waals surface area contributed by atoms with Crippen molar-refractivity contribution < 1.29 is 4.79 Å². The van der Waals surface area contributed by atoms with Gasteiger partial charge in [0.15, 0.2) is 0 Å². The van der Waals surface area contributed by atoms with E-state index < -0.39 is 0 Å². The van der Waals surface area contributed by atoms with Crippen molar-refractivity contribution in [2.24, 2.45) is 0 Å². The van der Waals surface area contributed by atoms with Gasteiger partial charge in [-0.2, -0.15) is 0 Å². The quantitative estimate of drug-likeness (QED) is 0.860. The molecule has 2 N–H and O–H groups in total. The normalized spacial score (nSPS) is 17.4. The number of anilines is 1. The van der Waals surface area contributed by atoms with E-state index in [0.29, 0.717) is 13.0 Å². The molecule has 0 radical (unpaired) electrons. The standard InChI is InChI=1S/C18H20N2O/c1-13-10-15-4-2-3-5-16(15)12-20(13)18(21)11-14-6-8-17(19)9-7-14/h2-9,13H,10-12,19H2,1H3. The topological polar surface area (TPSA) is 46.3 Å². The highest BCUT2D eigenvalue weighted by Crippen LogP contribution is 2.23. The van der Waals surface area contributed by atoms with Crippen LogP contribution < -0.4 is 5.73 Å². The predicted octanol–water partition coefficient (Wildman–Crippen LogP) is 2.78. The van der Waals surface area contributed by atoms with Crippen LogP contribution in [-0.2, 0) is 24.2 Å².